The van der Waals surface area contributed by atoms with E-state index in [0.717, 1.165) is 42.8 Å². The van der Waals surface area contributed by atoms with Crippen LogP contribution in [0.5, 0.6) is 5.88 Å². The molecule has 2 aliphatic heterocycles. The van der Waals surface area contributed by atoms with Gasteiger partial charge in [0.05, 0.1) is 28.5 Å². The minimum atomic E-state index is -4.50. The molecule has 2 aromatic rings. The van der Waals surface area contributed by atoms with Crippen LogP contribution in [0.3, 0.4) is 0 Å². The molecule has 2 saturated heterocycles. The van der Waals surface area contributed by atoms with E-state index in [1.165, 1.54) is 4.31 Å². The summed E-state index contributed by atoms with van der Waals surface area (Å²) < 4.78 is 71.6. The Morgan fingerprint density at radius 2 is 1.75 bits per heavy atom. The molecule has 0 N–H and O–H groups in total. The fourth-order valence-electron chi connectivity index (χ4n) is 4.38. The average Bonchev–Trinajstić information content (AvgIpc) is 3.53. The minimum Gasteiger partial charge on any atom is -0.472 e. The molecule has 0 spiro atoms. The van der Waals surface area contributed by atoms with Crippen LogP contribution in [0.2, 0.25) is 0 Å². The second kappa shape index (κ2) is 7.96. The van der Waals surface area contributed by atoms with Crippen LogP contribution in [0.1, 0.15) is 36.4 Å². The van der Waals surface area contributed by atoms with Crippen molar-refractivity contribution < 1.29 is 26.3 Å². The number of benzene rings is 1. The van der Waals surface area contributed by atoms with Crippen molar-refractivity contribution in [2.24, 2.45) is 0 Å². The van der Waals surface area contributed by atoms with Crippen molar-refractivity contribution in [3.63, 3.8) is 0 Å². The van der Waals surface area contributed by atoms with Crippen LogP contribution in [0.15, 0.2) is 41.6 Å². The van der Waals surface area contributed by atoms with E-state index in [-0.39, 0.29) is 30.1 Å². The summed E-state index contributed by atoms with van der Waals surface area (Å²) in [6.07, 6.45) is 1.73. The van der Waals surface area contributed by atoms with Crippen LogP contribution in [-0.4, -0.2) is 65.9 Å². The fourth-order valence-corrected chi connectivity index (χ4v) is 5.85. The highest BCUT2D eigenvalue weighted by molar-refractivity contribution is 7.89. The van der Waals surface area contributed by atoms with Gasteiger partial charge in [0, 0.05) is 44.6 Å². The predicted octanol–water partition coefficient (Wildman–Crippen LogP) is 2.90. The lowest BCUT2D eigenvalue weighted by Crippen LogP contribution is -2.51. The second-order valence-corrected chi connectivity index (χ2v) is 10.5. The number of rotatable bonds is 5. The molecule has 3 fully saturated rings. The summed E-state index contributed by atoms with van der Waals surface area (Å²) in [5.41, 5.74) is 0.121. The summed E-state index contributed by atoms with van der Waals surface area (Å²) >= 11 is 0. The van der Waals surface area contributed by atoms with E-state index in [2.05, 4.69) is 14.9 Å². The summed E-state index contributed by atoms with van der Waals surface area (Å²) in [6.45, 7) is 1.76. The van der Waals surface area contributed by atoms with E-state index < -0.39 is 21.8 Å². The molecule has 172 valence electrons. The van der Waals surface area contributed by atoms with E-state index >= 15 is 0 Å². The van der Waals surface area contributed by atoms with Gasteiger partial charge in [0.1, 0.15) is 6.10 Å². The number of halogens is 3. The first kappa shape index (κ1) is 21.6. The lowest BCUT2D eigenvalue weighted by molar-refractivity contribution is -0.137. The molecule has 0 unspecified atom stereocenters. The Kier molecular flexibility index (Phi) is 5.37. The number of fused-ring (bicyclic) bond motifs is 1. The Hall–Kier alpha value is -2.24. The number of piperazine rings is 1. The molecule has 2 atom stereocenters. The van der Waals surface area contributed by atoms with Crippen molar-refractivity contribution in [2.75, 3.05) is 26.2 Å². The van der Waals surface area contributed by atoms with Crippen molar-refractivity contribution in [1.82, 2.24) is 19.2 Å². The van der Waals surface area contributed by atoms with Gasteiger partial charge >= 0.3 is 6.18 Å². The van der Waals surface area contributed by atoms with Gasteiger partial charge in [-0.3, -0.25) is 9.88 Å². The Morgan fingerprint density at radius 1 is 1.00 bits per heavy atom. The second-order valence-electron chi connectivity index (χ2n) is 8.56. The molecule has 1 aliphatic carbocycles. The first-order valence-corrected chi connectivity index (χ1v) is 12.0. The molecule has 3 heterocycles. The lowest BCUT2D eigenvalue weighted by atomic mass is 10.2. The summed E-state index contributed by atoms with van der Waals surface area (Å²) in [7, 11) is -3.87. The van der Waals surface area contributed by atoms with E-state index in [4.69, 9.17) is 4.74 Å². The molecule has 7 nitrogen and oxygen atoms in total. The maximum Gasteiger partial charge on any atom is 0.416 e. The normalized spacial score (nSPS) is 25.0. The van der Waals surface area contributed by atoms with Gasteiger partial charge in [-0.25, -0.2) is 13.4 Å². The molecular weight excluding hydrogens is 445 g/mol. The largest absolute Gasteiger partial charge is 0.472 e. The molecule has 32 heavy (non-hydrogen) atoms. The van der Waals surface area contributed by atoms with Crippen molar-refractivity contribution in [3.05, 3.63) is 47.9 Å². The zero-order chi connectivity index (χ0) is 22.5. The zero-order valence-electron chi connectivity index (χ0n) is 17.2. The zero-order valence-corrected chi connectivity index (χ0v) is 18.0. The minimum absolute atomic E-state index is 0.0170. The standard InChI is InChI=1S/C21H23F3N4O3S/c22-21(23,24)15-3-5-18(6-4-15)32(29,30)28-8-7-27-13-17(9-16(27)12-28)31-20-11-25-19(10-26-20)14-1-2-14/h3-6,10-11,14,16-17H,1-2,7-9,12-13H2/t16-,17+/m1/s1. The van der Waals surface area contributed by atoms with Crippen LogP contribution in [0.25, 0.3) is 0 Å². The summed E-state index contributed by atoms with van der Waals surface area (Å²) in [5.74, 6) is 0.989. The maximum atomic E-state index is 13.0. The maximum absolute atomic E-state index is 13.0. The summed E-state index contributed by atoms with van der Waals surface area (Å²) in [4.78, 5) is 10.8. The highest BCUT2D eigenvalue weighted by Gasteiger charge is 2.41. The van der Waals surface area contributed by atoms with Crippen molar-refractivity contribution in [2.45, 2.75) is 48.4 Å². The third-order valence-electron chi connectivity index (χ3n) is 6.29. The Bertz CT molecular complexity index is 1070. The summed E-state index contributed by atoms with van der Waals surface area (Å²) in [5, 5.41) is 0. The fraction of sp³-hybridized carbons (Fsp3) is 0.524. The van der Waals surface area contributed by atoms with Gasteiger partial charge in [-0.2, -0.15) is 17.5 Å². The summed E-state index contributed by atoms with van der Waals surface area (Å²) in [6, 6.07) is 3.64. The van der Waals surface area contributed by atoms with Crippen LogP contribution < -0.4 is 4.74 Å². The van der Waals surface area contributed by atoms with E-state index in [0.29, 0.717) is 31.3 Å². The number of alkyl halides is 3. The van der Waals surface area contributed by atoms with Gasteiger partial charge in [-0.15, -0.1) is 0 Å². The molecule has 5 rings (SSSR count). The monoisotopic (exact) mass is 468 g/mol. The van der Waals surface area contributed by atoms with Gasteiger partial charge in [0.25, 0.3) is 0 Å². The smallest absolute Gasteiger partial charge is 0.416 e. The topological polar surface area (TPSA) is 75.6 Å². The molecule has 0 amide bonds. The van der Waals surface area contributed by atoms with Crippen LogP contribution in [0.4, 0.5) is 13.2 Å². The van der Waals surface area contributed by atoms with Gasteiger partial charge in [0.15, 0.2) is 0 Å². The van der Waals surface area contributed by atoms with Gasteiger partial charge < -0.3 is 4.74 Å². The Balaban J connectivity index is 1.22. The van der Waals surface area contributed by atoms with Crippen LogP contribution >= 0.6 is 0 Å². The first-order chi connectivity index (χ1) is 15.2. The molecule has 0 radical (unpaired) electrons. The first-order valence-electron chi connectivity index (χ1n) is 10.6. The molecule has 11 heteroatoms. The molecule has 1 aromatic carbocycles. The number of aromatic nitrogens is 2. The van der Waals surface area contributed by atoms with Gasteiger partial charge in [0.2, 0.25) is 15.9 Å². The SMILES string of the molecule is O=S(=O)(c1ccc(C(F)(F)F)cc1)N1CCN2C[C@@H](Oc3cnc(C4CC4)cn3)C[C@@H]2C1. The number of hydrogen-bond donors (Lipinski definition) is 0. The van der Waals surface area contributed by atoms with E-state index in [1.54, 1.807) is 12.4 Å². The molecule has 1 saturated carbocycles. The Labute approximate surface area is 184 Å². The van der Waals surface area contributed by atoms with Crippen LogP contribution in [-0.2, 0) is 16.2 Å². The van der Waals surface area contributed by atoms with Gasteiger partial charge in [-0.05, 0) is 37.1 Å². The number of sulfonamides is 1. The predicted molar refractivity (Wildman–Crippen MR) is 109 cm³/mol. The Morgan fingerprint density at radius 3 is 2.38 bits per heavy atom. The van der Waals surface area contributed by atoms with Crippen molar-refractivity contribution in [3.8, 4) is 5.88 Å². The number of hydrogen-bond acceptors (Lipinski definition) is 6. The molecule has 3 aliphatic rings. The highest BCUT2D eigenvalue weighted by Crippen LogP contribution is 2.38. The quantitative estimate of drug-likeness (QED) is 0.672. The molecule has 1 aromatic heterocycles. The average molecular weight is 469 g/mol. The molecule has 0 bridgehead atoms. The van der Waals surface area contributed by atoms with E-state index in [9.17, 15) is 21.6 Å². The molecular formula is C21H23F3N4O3S. The third kappa shape index (κ3) is 4.33. The number of ether oxygens (including phenoxy) is 1. The lowest BCUT2D eigenvalue weighted by Gasteiger charge is -2.36. The highest BCUT2D eigenvalue weighted by atomic mass is 32.2. The van der Waals surface area contributed by atoms with E-state index in [1.807, 2.05) is 0 Å². The third-order valence-corrected chi connectivity index (χ3v) is 8.17. The van der Waals surface area contributed by atoms with Crippen LogP contribution in [0, 0.1) is 0 Å². The number of nitrogens with zero attached hydrogens (tertiary/aromatic N) is 4. The van der Waals surface area contributed by atoms with Crippen molar-refractivity contribution in [1.29, 1.82) is 0 Å². The van der Waals surface area contributed by atoms with Crippen molar-refractivity contribution >= 4 is 10.0 Å². The van der Waals surface area contributed by atoms with Gasteiger partial charge in [-0.1, -0.05) is 0 Å².